The molecule has 0 unspecified atom stereocenters. The van der Waals surface area contributed by atoms with Crippen LogP contribution in [0.5, 0.6) is 0 Å². The molecule has 1 heterocycles. The lowest BCUT2D eigenvalue weighted by molar-refractivity contribution is -0.712. The highest BCUT2D eigenvalue weighted by atomic mass is 14.9. The van der Waals surface area contributed by atoms with Gasteiger partial charge >= 0.3 is 0 Å². The number of aryl methyl sites for hydroxylation is 1. The van der Waals surface area contributed by atoms with Crippen LogP contribution in [0.25, 0.3) is 0 Å². The zero-order valence-corrected chi connectivity index (χ0v) is 10.5. The van der Waals surface area contributed by atoms with Gasteiger partial charge in [-0.15, -0.1) is 0 Å². The van der Waals surface area contributed by atoms with Gasteiger partial charge in [0.15, 0.2) is 0 Å². The first-order valence-corrected chi connectivity index (χ1v) is 6.74. The van der Waals surface area contributed by atoms with Gasteiger partial charge in [-0.3, -0.25) is 4.98 Å². The third-order valence-corrected chi connectivity index (χ3v) is 3.75. The molecular weight excluding hydrogens is 220 g/mol. The first-order chi connectivity index (χ1) is 8.93. The second kappa shape index (κ2) is 5.32. The van der Waals surface area contributed by atoms with Crippen molar-refractivity contribution in [2.45, 2.75) is 31.8 Å². The standard InChI is InChI=1S/C16H18N2/c1-2-9-15-13(6-1)7-5-10-16(15)18-12-14-8-3-4-11-17-14/h1-4,6,8-9,11,16,18H,5,7,10,12H2/p+1/t16-/m0/s1. The van der Waals surface area contributed by atoms with Crippen LogP contribution in [0.3, 0.4) is 0 Å². The molecule has 1 aromatic heterocycles. The largest absolute Gasteiger partial charge is 0.335 e. The molecule has 1 aliphatic rings. The van der Waals surface area contributed by atoms with E-state index in [-0.39, 0.29) is 0 Å². The van der Waals surface area contributed by atoms with E-state index < -0.39 is 0 Å². The molecule has 2 aromatic rings. The summed E-state index contributed by atoms with van der Waals surface area (Å²) in [6, 6.07) is 15.6. The lowest BCUT2D eigenvalue weighted by atomic mass is 9.88. The van der Waals surface area contributed by atoms with Gasteiger partial charge in [0.05, 0.1) is 5.69 Å². The van der Waals surface area contributed by atoms with E-state index in [4.69, 9.17) is 0 Å². The maximum Gasteiger partial charge on any atom is 0.119 e. The summed E-state index contributed by atoms with van der Waals surface area (Å²) in [7, 11) is 0. The normalized spacial score (nSPS) is 18.3. The van der Waals surface area contributed by atoms with Crippen molar-refractivity contribution in [3.05, 3.63) is 65.5 Å². The van der Waals surface area contributed by atoms with E-state index in [0.717, 1.165) is 6.54 Å². The highest BCUT2D eigenvalue weighted by Crippen LogP contribution is 2.26. The van der Waals surface area contributed by atoms with Crippen LogP contribution in [0, 0.1) is 0 Å². The molecule has 0 amide bonds. The summed E-state index contributed by atoms with van der Waals surface area (Å²) in [5, 5.41) is 2.43. The summed E-state index contributed by atoms with van der Waals surface area (Å²) >= 11 is 0. The van der Waals surface area contributed by atoms with Crippen LogP contribution in [0.4, 0.5) is 0 Å². The van der Waals surface area contributed by atoms with Gasteiger partial charge in [0.1, 0.15) is 12.6 Å². The number of benzene rings is 1. The van der Waals surface area contributed by atoms with Gasteiger partial charge in [0, 0.05) is 18.2 Å². The molecule has 0 spiro atoms. The van der Waals surface area contributed by atoms with Crippen molar-refractivity contribution in [3.63, 3.8) is 0 Å². The Morgan fingerprint density at radius 3 is 2.89 bits per heavy atom. The van der Waals surface area contributed by atoms with Gasteiger partial charge in [0.25, 0.3) is 0 Å². The molecule has 0 saturated heterocycles. The molecule has 2 N–H and O–H groups in total. The Bertz CT molecular complexity index is 508. The second-order valence-electron chi connectivity index (χ2n) is 4.96. The number of nitrogens with zero attached hydrogens (tertiary/aromatic N) is 1. The van der Waals surface area contributed by atoms with Crippen LogP contribution in [0.1, 0.15) is 35.7 Å². The molecule has 2 heteroatoms. The van der Waals surface area contributed by atoms with E-state index in [1.54, 1.807) is 0 Å². The number of aromatic nitrogens is 1. The molecule has 3 rings (SSSR count). The fourth-order valence-electron chi connectivity index (χ4n) is 2.82. The first kappa shape index (κ1) is 11.4. The third kappa shape index (κ3) is 2.44. The summed E-state index contributed by atoms with van der Waals surface area (Å²) in [6.07, 6.45) is 5.70. The van der Waals surface area contributed by atoms with Crippen molar-refractivity contribution in [1.29, 1.82) is 0 Å². The lowest BCUT2D eigenvalue weighted by Crippen LogP contribution is -2.84. The monoisotopic (exact) mass is 239 g/mol. The molecule has 1 aliphatic carbocycles. The molecule has 92 valence electrons. The van der Waals surface area contributed by atoms with E-state index in [9.17, 15) is 0 Å². The second-order valence-corrected chi connectivity index (χ2v) is 4.96. The average molecular weight is 239 g/mol. The van der Waals surface area contributed by atoms with E-state index in [1.807, 2.05) is 12.3 Å². The molecular formula is C16H19N2+. The summed E-state index contributed by atoms with van der Waals surface area (Å²) in [4.78, 5) is 4.39. The maximum absolute atomic E-state index is 4.39. The molecule has 1 aromatic carbocycles. The maximum atomic E-state index is 4.39. The zero-order valence-electron chi connectivity index (χ0n) is 10.5. The van der Waals surface area contributed by atoms with Gasteiger partial charge in [0.2, 0.25) is 0 Å². The Morgan fingerprint density at radius 1 is 1.11 bits per heavy atom. The van der Waals surface area contributed by atoms with Crippen LogP contribution >= 0.6 is 0 Å². The fraction of sp³-hybridized carbons (Fsp3) is 0.312. The average Bonchev–Trinajstić information content (AvgIpc) is 2.46. The van der Waals surface area contributed by atoms with Crippen molar-refractivity contribution in [3.8, 4) is 0 Å². The number of nitrogens with two attached hydrogens (primary N) is 1. The van der Waals surface area contributed by atoms with E-state index in [2.05, 4.69) is 46.7 Å². The van der Waals surface area contributed by atoms with Crippen LogP contribution in [-0.4, -0.2) is 4.98 Å². The number of hydrogen-bond donors (Lipinski definition) is 1. The third-order valence-electron chi connectivity index (χ3n) is 3.75. The topological polar surface area (TPSA) is 29.5 Å². The predicted molar refractivity (Wildman–Crippen MR) is 72.0 cm³/mol. The van der Waals surface area contributed by atoms with Gasteiger partial charge in [-0.2, -0.15) is 0 Å². The zero-order chi connectivity index (χ0) is 12.2. The minimum atomic E-state index is 0.608. The molecule has 18 heavy (non-hydrogen) atoms. The van der Waals surface area contributed by atoms with Crippen molar-refractivity contribution in [2.24, 2.45) is 0 Å². The SMILES string of the molecule is c1ccc(C[NH2+][C@H]2CCCc3ccccc32)nc1. The Kier molecular flexibility index (Phi) is 3.37. The number of rotatable bonds is 3. The highest BCUT2D eigenvalue weighted by molar-refractivity contribution is 5.30. The van der Waals surface area contributed by atoms with Crippen molar-refractivity contribution >= 4 is 0 Å². The Morgan fingerprint density at radius 2 is 2.00 bits per heavy atom. The van der Waals surface area contributed by atoms with Gasteiger partial charge in [-0.25, -0.2) is 0 Å². The van der Waals surface area contributed by atoms with Crippen LogP contribution in [-0.2, 0) is 13.0 Å². The van der Waals surface area contributed by atoms with Gasteiger partial charge < -0.3 is 5.32 Å². The Labute approximate surface area is 108 Å². The van der Waals surface area contributed by atoms with Crippen molar-refractivity contribution in [2.75, 3.05) is 0 Å². The summed E-state index contributed by atoms with van der Waals surface area (Å²) in [5.74, 6) is 0. The van der Waals surface area contributed by atoms with Crippen molar-refractivity contribution in [1.82, 2.24) is 4.98 Å². The highest BCUT2D eigenvalue weighted by Gasteiger charge is 2.22. The van der Waals surface area contributed by atoms with Gasteiger partial charge in [-0.05, 0) is 30.5 Å². The minimum Gasteiger partial charge on any atom is -0.335 e. The van der Waals surface area contributed by atoms with Gasteiger partial charge in [-0.1, -0.05) is 30.3 Å². The molecule has 1 atom stereocenters. The molecule has 0 aliphatic heterocycles. The molecule has 0 bridgehead atoms. The van der Waals surface area contributed by atoms with E-state index in [0.29, 0.717) is 6.04 Å². The summed E-state index contributed by atoms with van der Waals surface area (Å²) in [6.45, 7) is 0.972. The fourth-order valence-corrected chi connectivity index (χ4v) is 2.82. The van der Waals surface area contributed by atoms with Crippen LogP contribution < -0.4 is 5.32 Å². The molecule has 2 nitrogen and oxygen atoms in total. The first-order valence-electron chi connectivity index (χ1n) is 6.74. The number of pyridine rings is 1. The smallest absolute Gasteiger partial charge is 0.119 e. The lowest BCUT2D eigenvalue weighted by Gasteiger charge is -2.23. The Balaban J connectivity index is 1.71. The minimum absolute atomic E-state index is 0.608. The van der Waals surface area contributed by atoms with Crippen LogP contribution in [0.15, 0.2) is 48.7 Å². The summed E-state index contributed by atoms with van der Waals surface area (Å²) < 4.78 is 0. The van der Waals surface area contributed by atoms with E-state index >= 15 is 0 Å². The number of quaternary nitrogens is 1. The summed E-state index contributed by atoms with van der Waals surface area (Å²) in [5.41, 5.74) is 4.23. The molecule has 0 radical (unpaired) electrons. The Hall–Kier alpha value is -1.67. The van der Waals surface area contributed by atoms with Crippen LogP contribution in [0.2, 0.25) is 0 Å². The van der Waals surface area contributed by atoms with E-state index in [1.165, 1.54) is 36.1 Å². The van der Waals surface area contributed by atoms with Crippen molar-refractivity contribution < 1.29 is 5.32 Å². The number of hydrogen-bond acceptors (Lipinski definition) is 1. The quantitative estimate of drug-likeness (QED) is 0.874. The molecule has 0 fully saturated rings. The predicted octanol–water partition coefficient (Wildman–Crippen LogP) is 2.22. The molecule has 0 saturated carbocycles. The number of fused-ring (bicyclic) bond motifs is 1.